The number of nitrogens with one attached hydrogen (secondary N) is 5. The lowest BCUT2D eigenvalue weighted by atomic mass is 10.2. The fourth-order valence-electron chi connectivity index (χ4n) is 5.32. The van der Waals surface area contributed by atoms with Gasteiger partial charge in [-0.25, -0.2) is 14.8 Å². The highest BCUT2D eigenvalue weighted by Crippen LogP contribution is 2.23. The number of hydrogen-bond acceptors (Lipinski definition) is 11. The molecule has 7 N–H and O–H groups in total. The fourth-order valence-corrected chi connectivity index (χ4v) is 5.32. The molecule has 14 heteroatoms. The number of carbonyl (C=O) groups is 3. The molecule has 0 aliphatic carbocycles. The summed E-state index contributed by atoms with van der Waals surface area (Å²) in [5.74, 6) is 1.24. The first-order chi connectivity index (χ1) is 24.6. The third kappa shape index (κ3) is 10.9. The van der Waals surface area contributed by atoms with Crippen LogP contribution in [0.25, 0.3) is 0 Å². The van der Waals surface area contributed by atoms with Crippen molar-refractivity contribution >= 4 is 52.3 Å². The van der Waals surface area contributed by atoms with E-state index >= 15 is 0 Å². The van der Waals surface area contributed by atoms with Gasteiger partial charge < -0.3 is 41.5 Å². The van der Waals surface area contributed by atoms with Crippen LogP contribution in [0, 0.1) is 0 Å². The van der Waals surface area contributed by atoms with Gasteiger partial charge in [0.2, 0.25) is 0 Å². The molecule has 2 aliphatic heterocycles. The standard InChI is InChI=1S/C21H27N5O3.C16H19N5O/c1-21(2,3)29-20(28)25-17-7-5-4-6-16(17)24-19(27)15-8-9-18(23-14-15)26-12-10-22-11-13-26;17-13-3-1-2-4-14(13)20-16(22)12-5-6-15(19-11-12)21-9-7-18-8-10-21/h4-9,14,22H,10-13H2,1-3H3,(H,24,27)(H,25,28);1-6,11,18H,7-10,17H2,(H,20,22). The molecule has 4 aromatic rings. The van der Waals surface area contributed by atoms with Crippen LogP contribution in [-0.4, -0.2) is 85.8 Å². The Bertz CT molecular complexity index is 1770. The minimum Gasteiger partial charge on any atom is -0.444 e. The molecule has 268 valence electrons. The zero-order valence-electron chi connectivity index (χ0n) is 29.2. The van der Waals surface area contributed by atoms with Crippen LogP contribution in [-0.2, 0) is 4.74 Å². The number of benzene rings is 2. The van der Waals surface area contributed by atoms with Crippen LogP contribution in [0.2, 0.25) is 0 Å². The SMILES string of the molecule is CC(C)(C)OC(=O)Nc1ccccc1NC(=O)c1ccc(N2CCNCC2)nc1.Nc1ccccc1NC(=O)c1ccc(N2CCNCC2)nc1. The summed E-state index contributed by atoms with van der Waals surface area (Å²) >= 11 is 0. The first kappa shape index (κ1) is 36.5. The van der Waals surface area contributed by atoms with Crippen LogP contribution in [0.3, 0.4) is 0 Å². The molecule has 3 amide bonds. The first-order valence-corrected chi connectivity index (χ1v) is 17.0. The number of ether oxygens (including phenoxy) is 1. The normalized spacial score (nSPS) is 14.4. The summed E-state index contributed by atoms with van der Waals surface area (Å²) in [5, 5.41) is 14.9. The smallest absolute Gasteiger partial charge is 0.412 e. The lowest BCUT2D eigenvalue weighted by Gasteiger charge is -2.28. The molecule has 6 rings (SSSR count). The van der Waals surface area contributed by atoms with E-state index in [1.165, 1.54) is 0 Å². The van der Waals surface area contributed by atoms with Gasteiger partial charge in [0.25, 0.3) is 11.8 Å². The molecule has 2 saturated heterocycles. The predicted molar refractivity (Wildman–Crippen MR) is 202 cm³/mol. The molecular formula is C37H46N10O4. The number of nitrogens with two attached hydrogens (primary N) is 1. The molecule has 2 aliphatic rings. The topological polar surface area (TPSA) is 179 Å². The van der Waals surface area contributed by atoms with Crippen molar-refractivity contribution in [3.8, 4) is 0 Å². The highest BCUT2D eigenvalue weighted by Gasteiger charge is 2.19. The van der Waals surface area contributed by atoms with Crippen molar-refractivity contribution in [3.63, 3.8) is 0 Å². The summed E-state index contributed by atoms with van der Waals surface area (Å²) in [6.07, 6.45) is 2.59. The number of amides is 3. The second-order valence-corrected chi connectivity index (χ2v) is 13.0. The molecule has 0 bridgehead atoms. The van der Waals surface area contributed by atoms with Crippen molar-refractivity contribution in [1.82, 2.24) is 20.6 Å². The maximum Gasteiger partial charge on any atom is 0.412 e. The Labute approximate surface area is 298 Å². The Morgan fingerprint density at radius 3 is 1.51 bits per heavy atom. The highest BCUT2D eigenvalue weighted by molar-refractivity contribution is 6.07. The molecule has 2 fully saturated rings. The molecule has 2 aromatic heterocycles. The molecule has 14 nitrogen and oxygen atoms in total. The third-order valence-electron chi connectivity index (χ3n) is 7.92. The van der Waals surface area contributed by atoms with Crippen molar-refractivity contribution in [2.24, 2.45) is 0 Å². The summed E-state index contributed by atoms with van der Waals surface area (Å²) in [6.45, 7) is 12.8. The number of anilines is 6. The average molecular weight is 695 g/mol. The fraction of sp³-hybridized carbons (Fsp3) is 0.324. The predicted octanol–water partition coefficient (Wildman–Crippen LogP) is 4.42. The molecule has 0 unspecified atom stereocenters. The summed E-state index contributed by atoms with van der Waals surface area (Å²) in [6, 6.07) is 21.4. The van der Waals surface area contributed by atoms with E-state index in [-0.39, 0.29) is 11.8 Å². The van der Waals surface area contributed by atoms with E-state index in [1.807, 2.05) is 24.3 Å². The molecular weight excluding hydrogens is 648 g/mol. The van der Waals surface area contributed by atoms with Gasteiger partial charge in [-0.15, -0.1) is 0 Å². The molecule has 2 aromatic carbocycles. The van der Waals surface area contributed by atoms with Gasteiger partial charge in [-0.3, -0.25) is 14.9 Å². The van der Waals surface area contributed by atoms with E-state index in [2.05, 4.69) is 46.4 Å². The van der Waals surface area contributed by atoms with Crippen LogP contribution in [0.5, 0.6) is 0 Å². The number of piperazine rings is 2. The van der Waals surface area contributed by atoms with Gasteiger partial charge in [0.1, 0.15) is 17.2 Å². The Hall–Kier alpha value is -5.73. The number of hydrogen-bond donors (Lipinski definition) is 6. The molecule has 0 spiro atoms. The van der Waals surface area contributed by atoms with Crippen molar-refractivity contribution in [3.05, 3.63) is 96.3 Å². The van der Waals surface area contributed by atoms with Crippen LogP contribution in [0.4, 0.5) is 39.2 Å². The van der Waals surface area contributed by atoms with Gasteiger partial charge in [0.15, 0.2) is 0 Å². The van der Waals surface area contributed by atoms with Crippen molar-refractivity contribution in [1.29, 1.82) is 0 Å². The quantitative estimate of drug-likeness (QED) is 0.151. The van der Waals surface area contributed by atoms with Crippen LogP contribution in [0.1, 0.15) is 41.5 Å². The molecule has 4 heterocycles. The molecule has 0 radical (unpaired) electrons. The van der Waals surface area contributed by atoms with Crippen LogP contribution in [0.15, 0.2) is 85.2 Å². The number of pyridine rings is 2. The Morgan fingerprint density at radius 1 is 0.647 bits per heavy atom. The first-order valence-electron chi connectivity index (χ1n) is 17.0. The zero-order chi connectivity index (χ0) is 36.2. The molecule has 51 heavy (non-hydrogen) atoms. The second kappa shape index (κ2) is 17.3. The van der Waals surface area contributed by atoms with Crippen LogP contribution >= 0.6 is 0 Å². The molecule has 0 saturated carbocycles. The second-order valence-electron chi connectivity index (χ2n) is 13.0. The van der Waals surface area contributed by atoms with Gasteiger partial charge in [-0.1, -0.05) is 24.3 Å². The highest BCUT2D eigenvalue weighted by atomic mass is 16.6. The maximum atomic E-state index is 12.6. The molecule has 0 atom stereocenters. The number of nitrogen functional groups attached to an aromatic ring is 1. The van der Waals surface area contributed by atoms with Gasteiger partial charge in [0, 0.05) is 64.8 Å². The lowest BCUT2D eigenvalue weighted by Crippen LogP contribution is -2.43. The van der Waals surface area contributed by atoms with Gasteiger partial charge in [-0.05, 0) is 69.3 Å². The van der Waals surface area contributed by atoms with Gasteiger partial charge in [0.05, 0.1) is 33.9 Å². The van der Waals surface area contributed by atoms with E-state index in [9.17, 15) is 14.4 Å². The lowest BCUT2D eigenvalue weighted by molar-refractivity contribution is 0.0635. The van der Waals surface area contributed by atoms with Gasteiger partial charge in [-0.2, -0.15) is 0 Å². The van der Waals surface area contributed by atoms with E-state index in [0.29, 0.717) is 33.9 Å². The third-order valence-corrected chi connectivity index (χ3v) is 7.92. The Morgan fingerprint density at radius 2 is 1.08 bits per heavy atom. The number of para-hydroxylation sites is 4. The monoisotopic (exact) mass is 694 g/mol. The number of carbonyl (C=O) groups excluding carboxylic acids is 3. The van der Waals surface area contributed by atoms with Crippen molar-refractivity contribution in [2.75, 3.05) is 83.8 Å². The Kier molecular flexibility index (Phi) is 12.4. The average Bonchev–Trinajstić information content (AvgIpc) is 3.14. The summed E-state index contributed by atoms with van der Waals surface area (Å²) in [5.41, 5.74) is 8.26. The number of nitrogens with zero attached hydrogens (tertiary/aromatic N) is 4. The minimum atomic E-state index is -0.611. The summed E-state index contributed by atoms with van der Waals surface area (Å²) < 4.78 is 5.28. The van der Waals surface area contributed by atoms with E-state index in [1.54, 1.807) is 81.7 Å². The number of aromatic nitrogens is 2. The zero-order valence-corrected chi connectivity index (χ0v) is 29.2. The van der Waals surface area contributed by atoms with E-state index in [4.69, 9.17) is 10.5 Å². The Balaban J connectivity index is 0.000000205. The van der Waals surface area contributed by atoms with E-state index in [0.717, 1.165) is 64.0 Å². The summed E-state index contributed by atoms with van der Waals surface area (Å²) in [4.78, 5) is 50.1. The largest absolute Gasteiger partial charge is 0.444 e. The van der Waals surface area contributed by atoms with Crippen molar-refractivity contribution < 1.29 is 19.1 Å². The maximum absolute atomic E-state index is 12.6. The summed E-state index contributed by atoms with van der Waals surface area (Å²) in [7, 11) is 0. The van der Waals surface area contributed by atoms with Gasteiger partial charge >= 0.3 is 6.09 Å². The van der Waals surface area contributed by atoms with Crippen LogP contribution < -0.4 is 42.1 Å². The van der Waals surface area contributed by atoms with Crippen molar-refractivity contribution in [2.45, 2.75) is 26.4 Å². The van der Waals surface area contributed by atoms with E-state index < -0.39 is 11.7 Å². The minimum absolute atomic E-state index is 0.211. The number of rotatable bonds is 7.